The third-order valence-corrected chi connectivity index (χ3v) is 2.96. The molecule has 0 aromatic heterocycles. The second-order valence-electron chi connectivity index (χ2n) is 3.88. The number of aliphatic hydroxyl groups excluding tert-OH is 1. The van der Waals surface area contributed by atoms with Crippen molar-refractivity contribution >= 4 is 5.78 Å². The first-order valence-electron chi connectivity index (χ1n) is 5.05. The predicted molar refractivity (Wildman–Crippen MR) is 51.5 cm³/mol. The first kappa shape index (κ1) is 10.7. The summed E-state index contributed by atoms with van der Waals surface area (Å²) in [5.41, 5.74) is 0. The van der Waals surface area contributed by atoms with Crippen molar-refractivity contribution in [2.45, 2.75) is 32.7 Å². The van der Waals surface area contributed by atoms with Crippen LogP contribution in [-0.4, -0.2) is 41.5 Å². The van der Waals surface area contributed by atoms with E-state index in [-0.39, 0.29) is 18.4 Å². The number of hydrogen-bond donors (Lipinski definition) is 1. The molecule has 0 radical (unpaired) electrons. The van der Waals surface area contributed by atoms with Crippen LogP contribution in [0.15, 0.2) is 0 Å². The number of hydrogen-bond acceptors (Lipinski definition) is 3. The number of rotatable bonds is 4. The summed E-state index contributed by atoms with van der Waals surface area (Å²) in [5.74, 6) is 0.794. The Balaban J connectivity index is 2.45. The van der Waals surface area contributed by atoms with Crippen molar-refractivity contribution in [3.63, 3.8) is 0 Å². The first-order valence-corrected chi connectivity index (χ1v) is 5.05. The maximum absolute atomic E-state index is 11.2. The summed E-state index contributed by atoms with van der Waals surface area (Å²) in [6, 6.07) is 0.204. The van der Waals surface area contributed by atoms with Gasteiger partial charge in [-0.2, -0.15) is 0 Å². The normalized spacial score (nSPS) is 29.5. The lowest BCUT2D eigenvalue weighted by atomic mass is 10.0. The highest BCUT2D eigenvalue weighted by Gasteiger charge is 2.30. The molecule has 1 heterocycles. The molecule has 0 bridgehead atoms. The Labute approximate surface area is 79.7 Å². The van der Waals surface area contributed by atoms with Crippen LogP contribution in [0.5, 0.6) is 0 Å². The molecule has 1 fully saturated rings. The lowest BCUT2D eigenvalue weighted by molar-refractivity contribution is -0.120. The van der Waals surface area contributed by atoms with Crippen LogP contribution in [0.25, 0.3) is 0 Å². The van der Waals surface area contributed by atoms with Crippen molar-refractivity contribution in [1.29, 1.82) is 0 Å². The van der Waals surface area contributed by atoms with Crippen molar-refractivity contribution in [1.82, 2.24) is 4.90 Å². The van der Waals surface area contributed by atoms with Gasteiger partial charge in [-0.15, -0.1) is 0 Å². The molecule has 1 N–H and O–H groups in total. The van der Waals surface area contributed by atoms with Crippen molar-refractivity contribution in [2.24, 2.45) is 5.92 Å². The van der Waals surface area contributed by atoms with Gasteiger partial charge in [-0.3, -0.25) is 9.69 Å². The van der Waals surface area contributed by atoms with Gasteiger partial charge >= 0.3 is 0 Å². The average molecular weight is 185 g/mol. The zero-order valence-corrected chi connectivity index (χ0v) is 8.49. The zero-order valence-electron chi connectivity index (χ0n) is 8.49. The molecule has 76 valence electrons. The van der Waals surface area contributed by atoms with Crippen molar-refractivity contribution < 1.29 is 9.90 Å². The molecule has 0 amide bonds. The van der Waals surface area contributed by atoms with E-state index < -0.39 is 0 Å². The number of ketones is 1. The summed E-state index contributed by atoms with van der Waals surface area (Å²) in [5, 5.41) is 9.14. The minimum atomic E-state index is 0.179. The Bertz CT molecular complexity index is 182. The predicted octanol–water partition coefficient (Wildman–Crippen LogP) is 0.668. The molecule has 0 spiro atoms. The number of aliphatic hydroxyl groups is 1. The van der Waals surface area contributed by atoms with E-state index in [1.54, 1.807) is 0 Å². The van der Waals surface area contributed by atoms with Gasteiger partial charge in [0.15, 0.2) is 0 Å². The monoisotopic (exact) mass is 185 g/mol. The summed E-state index contributed by atoms with van der Waals surface area (Å²) in [6.45, 7) is 5.68. The second-order valence-corrected chi connectivity index (χ2v) is 3.88. The van der Waals surface area contributed by atoms with Gasteiger partial charge in [-0.1, -0.05) is 13.8 Å². The molecule has 0 aromatic carbocycles. The summed E-state index contributed by atoms with van der Waals surface area (Å²) in [4.78, 5) is 13.3. The minimum Gasteiger partial charge on any atom is -0.395 e. The van der Waals surface area contributed by atoms with Gasteiger partial charge in [-0.05, 0) is 18.9 Å². The fourth-order valence-corrected chi connectivity index (χ4v) is 1.92. The molecule has 0 aromatic rings. The Morgan fingerprint density at radius 3 is 2.85 bits per heavy atom. The largest absolute Gasteiger partial charge is 0.395 e. The van der Waals surface area contributed by atoms with Gasteiger partial charge in [0.05, 0.1) is 13.2 Å². The van der Waals surface area contributed by atoms with Crippen LogP contribution in [0.3, 0.4) is 0 Å². The fourth-order valence-electron chi connectivity index (χ4n) is 1.92. The van der Waals surface area contributed by atoms with Gasteiger partial charge in [0.2, 0.25) is 0 Å². The SMILES string of the molecule is CCC(=O)CN1CCC(C)C1CO. The van der Waals surface area contributed by atoms with Crippen molar-refractivity contribution in [3.8, 4) is 0 Å². The summed E-state index contributed by atoms with van der Waals surface area (Å²) >= 11 is 0. The van der Waals surface area contributed by atoms with Gasteiger partial charge in [0, 0.05) is 12.5 Å². The number of likely N-dealkylation sites (tertiary alicyclic amines) is 1. The molecule has 13 heavy (non-hydrogen) atoms. The zero-order chi connectivity index (χ0) is 9.84. The molecular weight excluding hydrogens is 166 g/mol. The van der Waals surface area contributed by atoms with Crippen LogP contribution in [0.1, 0.15) is 26.7 Å². The second kappa shape index (κ2) is 4.72. The van der Waals surface area contributed by atoms with Crippen LogP contribution < -0.4 is 0 Å². The van der Waals surface area contributed by atoms with Gasteiger partial charge in [0.25, 0.3) is 0 Å². The number of Topliss-reactive ketones (excluding diaryl/α,β-unsaturated/α-hetero) is 1. The van der Waals surface area contributed by atoms with Crippen LogP contribution in [-0.2, 0) is 4.79 Å². The molecule has 0 aliphatic carbocycles. The molecule has 1 saturated heterocycles. The Morgan fingerprint density at radius 1 is 1.62 bits per heavy atom. The van der Waals surface area contributed by atoms with E-state index in [4.69, 9.17) is 5.11 Å². The number of nitrogens with zero attached hydrogens (tertiary/aromatic N) is 1. The van der Waals surface area contributed by atoms with Crippen LogP contribution in [0, 0.1) is 5.92 Å². The van der Waals surface area contributed by atoms with E-state index >= 15 is 0 Å². The smallest absolute Gasteiger partial charge is 0.146 e. The lowest BCUT2D eigenvalue weighted by Crippen LogP contribution is -2.38. The topological polar surface area (TPSA) is 40.5 Å². The van der Waals surface area contributed by atoms with Crippen LogP contribution in [0.4, 0.5) is 0 Å². The first-order chi connectivity index (χ1) is 6.19. The molecule has 3 nitrogen and oxygen atoms in total. The molecule has 3 heteroatoms. The molecule has 2 unspecified atom stereocenters. The van der Waals surface area contributed by atoms with E-state index in [2.05, 4.69) is 11.8 Å². The lowest BCUT2D eigenvalue weighted by Gasteiger charge is -2.23. The average Bonchev–Trinajstić information content (AvgIpc) is 2.46. The fraction of sp³-hybridized carbons (Fsp3) is 0.900. The van der Waals surface area contributed by atoms with E-state index in [0.717, 1.165) is 13.0 Å². The van der Waals surface area contributed by atoms with E-state index in [0.29, 0.717) is 18.9 Å². The molecular formula is C10H19NO2. The standard InChI is InChI=1S/C10H19NO2/c1-3-9(13)6-11-5-4-8(2)10(11)7-12/h8,10,12H,3-7H2,1-2H3. The van der Waals surface area contributed by atoms with Gasteiger partial charge < -0.3 is 5.11 Å². The summed E-state index contributed by atoms with van der Waals surface area (Å²) in [6.07, 6.45) is 1.70. The molecule has 1 aliphatic heterocycles. The minimum absolute atomic E-state index is 0.179. The maximum Gasteiger partial charge on any atom is 0.146 e. The Kier molecular flexibility index (Phi) is 3.88. The Morgan fingerprint density at radius 2 is 2.31 bits per heavy atom. The van der Waals surface area contributed by atoms with Gasteiger partial charge in [-0.25, -0.2) is 0 Å². The van der Waals surface area contributed by atoms with Gasteiger partial charge in [0.1, 0.15) is 5.78 Å². The number of carbonyl (C=O) groups excluding carboxylic acids is 1. The van der Waals surface area contributed by atoms with E-state index in [1.807, 2.05) is 6.92 Å². The molecule has 1 rings (SSSR count). The highest BCUT2D eigenvalue weighted by molar-refractivity contribution is 5.80. The highest BCUT2D eigenvalue weighted by atomic mass is 16.3. The number of carbonyl (C=O) groups is 1. The summed E-state index contributed by atoms with van der Waals surface area (Å²) in [7, 11) is 0. The molecule has 0 saturated carbocycles. The highest BCUT2D eigenvalue weighted by Crippen LogP contribution is 2.22. The van der Waals surface area contributed by atoms with Crippen molar-refractivity contribution in [2.75, 3.05) is 19.7 Å². The van der Waals surface area contributed by atoms with E-state index in [1.165, 1.54) is 0 Å². The maximum atomic E-state index is 11.2. The molecule has 1 aliphatic rings. The third kappa shape index (κ3) is 2.51. The quantitative estimate of drug-likeness (QED) is 0.699. The van der Waals surface area contributed by atoms with Crippen LogP contribution in [0.2, 0.25) is 0 Å². The van der Waals surface area contributed by atoms with Crippen molar-refractivity contribution in [3.05, 3.63) is 0 Å². The molecule has 2 atom stereocenters. The third-order valence-electron chi connectivity index (χ3n) is 2.96. The van der Waals surface area contributed by atoms with E-state index in [9.17, 15) is 4.79 Å². The van der Waals surface area contributed by atoms with Crippen LogP contribution >= 0.6 is 0 Å². The summed E-state index contributed by atoms with van der Waals surface area (Å²) < 4.78 is 0. The Hall–Kier alpha value is -0.410.